The van der Waals surface area contributed by atoms with Crippen molar-refractivity contribution in [3.8, 4) is 11.5 Å². The number of ether oxygens (including phenoxy) is 1. The fourth-order valence-corrected chi connectivity index (χ4v) is 4.16. The van der Waals surface area contributed by atoms with E-state index in [4.69, 9.17) is 4.74 Å². The van der Waals surface area contributed by atoms with Gasteiger partial charge in [0.2, 0.25) is 5.91 Å². The first-order chi connectivity index (χ1) is 14.2. The van der Waals surface area contributed by atoms with Crippen LogP contribution in [0.2, 0.25) is 0 Å². The summed E-state index contributed by atoms with van der Waals surface area (Å²) in [5.74, 6) is 2.37. The summed E-state index contributed by atoms with van der Waals surface area (Å²) in [5.41, 5.74) is 0.690. The first-order valence-corrected chi connectivity index (χ1v) is 10.6. The van der Waals surface area contributed by atoms with Crippen molar-refractivity contribution in [2.75, 3.05) is 26.2 Å². The van der Waals surface area contributed by atoms with Gasteiger partial charge in [0, 0.05) is 38.2 Å². The van der Waals surface area contributed by atoms with Crippen molar-refractivity contribution in [2.24, 2.45) is 5.92 Å². The molecular weight excluding hydrogens is 364 g/mol. The van der Waals surface area contributed by atoms with E-state index in [1.54, 1.807) is 0 Å². The minimum absolute atomic E-state index is 0.0729. The molecule has 2 aromatic rings. The molecular formula is C24H28N2O3. The molecule has 0 unspecified atom stereocenters. The van der Waals surface area contributed by atoms with Gasteiger partial charge in [-0.2, -0.15) is 0 Å². The van der Waals surface area contributed by atoms with Crippen LogP contribution in [0.4, 0.5) is 0 Å². The van der Waals surface area contributed by atoms with E-state index in [9.17, 15) is 9.59 Å². The van der Waals surface area contributed by atoms with E-state index < -0.39 is 0 Å². The molecule has 2 heterocycles. The second kappa shape index (κ2) is 9.12. The Bertz CT molecular complexity index is 827. The number of carbonyl (C=O) groups excluding carboxylic acids is 2. The Morgan fingerprint density at radius 2 is 1.59 bits per heavy atom. The fraction of sp³-hybridized carbons (Fsp3) is 0.417. The van der Waals surface area contributed by atoms with Gasteiger partial charge >= 0.3 is 0 Å². The first kappa shape index (κ1) is 19.5. The smallest absolute Gasteiger partial charge is 0.253 e. The normalized spacial score (nSPS) is 18.0. The number of hydrogen-bond donors (Lipinski definition) is 0. The highest BCUT2D eigenvalue weighted by Gasteiger charge is 2.27. The van der Waals surface area contributed by atoms with Crippen molar-refractivity contribution in [1.82, 2.24) is 9.80 Å². The zero-order chi connectivity index (χ0) is 20.1. The van der Waals surface area contributed by atoms with Gasteiger partial charge in [0.1, 0.15) is 11.5 Å². The molecule has 5 heteroatoms. The molecule has 0 radical (unpaired) electrons. The number of para-hydroxylation sites is 1. The van der Waals surface area contributed by atoms with Gasteiger partial charge in [-0.1, -0.05) is 18.2 Å². The number of benzene rings is 2. The van der Waals surface area contributed by atoms with Crippen molar-refractivity contribution in [3.05, 3.63) is 60.2 Å². The first-order valence-electron chi connectivity index (χ1n) is 10.6. The molecule has 5 nitrogen and oxygen atoms in total. The van der Waals surface area contributed by atoms with Crippen molar-refractivity contribution >= 4 is 11.8 Å². The molecule has 2 fully saturated rings. The van der Waals surface area contributed by atoms with E-state index in [0.717, 1.165) is 63.4 Å². The molecule has 0 aromatic heterocycles. The Morgan fingerprint density at radius 3 is 2.28 bits per heavy atom. The second-order valence-corrected chi connectivity index (χ2v) is 7.97. The van der Waals surface area contributed by atoms with Crippen LogP contribution in [0.5, 0.6) is 11.5 Å². The van der Waals surface area contributed by atoms with Gasteiger partial charge in [-0.3, -0.25) is 9.59 Å². The third-order valence-electron chi connectivity index (χ3n) is 5.88. The summed E-state index contributed by atoms with van der Waals surface area (Å²) >= 11 is 0. The molecule has 0 saturated carbocycles. The average Bonchev–Trinajstić information content (AvgIpc) is 2.77. The molecule has 0 N–H and O–H groups in total. The largest absolute Gasteiger partial charge is 0.457 e. The Balaban J connectivity index is 1.28. The van der Waals surface area contributed by atoms with Crippen molar-refractivity contribution < 1.29 is 14.3 Å². The van der Waals surface area contributed by atoms with E-state index in [0.29, 0.717) is 23.8 Å². The molecule has 0 atom stereocenters. The molecule has 29 heavy (non-hydrogen) atoms. The molecule has 0 spiro atoms. The lowest BCUT2D eigenvalue weighted by atomic mass is 9.94. The SMILES string of the molecule is O=C1CCCCN1CC1CCN(C(=O)c2ccc(Oc3ccccc3)cc2)CC1. The van der Waals surface area contributed by atoms with Crippen LogP contribution in [0.25, 0.3) is 0 Å². The van der Waals surface area contributed by atoms with Crippen LogP contribution >= 0.6 is 0 Å². The van der Waals surface area contributed by atoms with Gasteiger partial charge in [0.25, 0.3) is 5.91 Å². The lowest BCUT2D eigenvalue weighted by Gasteiger charge is -2.36. The number of amides is 2. The third-order valence-corrected chi connectivity index (χ3v) is 5.88. The van der Waals surface area contributed by atoms with E-state index in [2.05, 4.69) is 0 Å². The van der Waals surface area contributed by atoms with Crippen LogP contribution in [0, 0.1) is 5.92 Å². The summed E-state index contributed by atoms with van der Waals surface area (Å²) in [6.45, 7) is 3.27. The van der Waals surface area contributed by atoms with Crippen LogP contribution in [0.3, 0.4) is 0 Å². The lowest BCUT2D eigenvalue weighted by molar-refractivity contribution is -0.134. The maximum absolute atomic E-state index is 12.8. The second-order valence-electron chi connectivity index (χ2n) is 7.97. The van der Waals surface area contributed by atoms with Crippen LogP contribution in [0.15, 0.2) is 54.6 Å². The maximum atomic E-state index is 12.8. The van der Waals surface area contributed by atoms with Gasteiger partial charge in [0.05, 0.1) is 0 Å². The molecule has 0 bridgehead atoms. The summed E-state index contributed by atoms with van der Waals surface area (Å²) < 4.78 is 5.80. The molecule has 4 rings (SSSR count). The predicted molar refractivity (Wildman–Crippen MR) is 112 cm³/mol. The Morgan fingerprint density at radius 1 is 0.897 bits per heavy atom. The zero-order valence-electron chi connectivity index (χ0n) is 16.8. The van der Waals surface area contributed by atoms with Gasteiger partial charge < -0.3 is 14.5 Å². The minimum Gasteiger partial charge on any atom is -0.457 e. The number of hydrogen-bond acceptors (Lipinski definition) is 3. The van der Waals surface area contributed by atoms with Crippen LogP contribution in [0.1, 0.15) is 42.5 Å². The zero-order valence-corrected chi connectivity index (χ0v) is 16.8. The number of piperidine rings is 2. The Kier molecular flexibility index (Phi) is 6.13. The summed E-state index contributed by atoms with van der Waals surface area (Å²) in [7, 11) is 0. The van der Waals surface area contributed by atoms with Crippen LogP contribution in [-0.4, -0.2) is 47.8 Å². The standard InChI is InChI=1S/C24H28N2O3/c27-23-8-4-5-15-26(23)18-19-13-16-25(17-14-19)24(28)20-9-11-22(12-10-20)29-21-6-2-1-3-7-21/h1-3,6-7,9-12,19H,4-5,8,13-18H2. The molecule has 2 aromatic carbocycles. The highest BCUT2D eigenvalue weighted by atomic mass is 16.5. The number of rotatable bonds is 5. The van der Waals surface area contributed by atoms with Gasteiger partial charge in [-0.15, -0.1) is 0 Å². The summed E-state index contributed by atoms with van der Waals surface area (Å²) in [6.07, 6.45) is 4.77. The third kappa shape index (κ3) is 4.97. The number of nitrogens with zero attached hydrogens (tertiary/aromatic N) is 2. The van der Waals surface area contributed by atoms with Gasteiger partial charge in [-0.05, 0) is 68.0 Å². The Labute approximate surface area is 172 Å². The number of likely N-dealkylation sites (tertiary alicyclic amines) is 2. The lowest BCUT2D eigenvalue weighted by Crippen LogP contribution is -2.44. The Hall–Kier alpha value is -2.82. The van der Waals surface area contributed by atoms with Crippen LogP contribution in [-0.2, 0) is 4.79 Å². The summed E-state index contributed by atoms with van der Waals surface area (Å²) in [6, 6.07) is 17.0. The molecule has 152 valence electrons. The molecule has 2 amide bonds. The quantitative estimate of drug-likeness (QED) is 0.760. The average molecular weight is 392 g/mol. The van der Waals surface area contributed by atoms with E-state index in [1.807, 2.05) is 64.4 Å². The van der Waals surface area contributed by atoms with Crippen molar-refractivity contribution in [3.63, 3.8) is 0 Å². The molecule has 2 saturated heterocycles. The summed E-state index contributed by atoms with van der Waals surface area (Å²) in [5, 5.41) is 0. The van der Waals surface area contributed by atoms with Crippen LogP contribution < -0.4 is 4.74 Å². The minimum atomic E-state index is 0.0729. The highest BCUT2D eigenvalue weighted by Crippen LogP contribution is 2.24. The molecule has 0 aliphatic carbocycles. The van der Waals surface area contributed by atoms with E-state index in [-0.39, 0.29) is 5.91 Å². The van der Waals surface area contributed by atoms with Gasteiger partial charge in [0.15, 0.2) is 0 Å². The fourth-order valence-electron chi connectivity index (χ4n) is 4.16. The monoisotopic (exact) mass is 392 g/mol. The molecule has 2 aliphatic heterocycles. The van der Waals surface area contributed by atoms with E-state index >= 15 is 0 Å². The molecule has 2 aliphatic rings. The van der Waals surface area contributed by atoms with E-state index in [1.165, 1.54) is 0 Å². The topological polar surface area (TPSA) is 49.9 Å². The van der Waals surface area contributed by atoms with Crippen molar-refractivity contribution in [2.45, 2.75) is 32.1 Å². The van der Waals surface area contributed by atoms with Crippen molar-refractivity contribution in [1.29, 1.82) is 0 Å². The summed E-state index contributed by atoms with van der Waals surface area (Å²) in [4.78, 5) is 28.8. The predicted octanol–water partition coefficient (Wildman–Crippen LogP) is 4.34. The maximum Gasteiger partial charge on any atom is 0.253 e. The van der Waals surface area contributed by atoms with Gasteiger partial charge in [-0.25, -0.2) is 0 Å². The highest BCUT2D eigenvalue weighted by molar-refractivity contribution is 5.94. The number of carbonyl (C=O) groups is 2.